The van der Waals surface area contributed by atoms with E-state index in [0.717, 1.165) is 0 Å². The Bertz CT molecular complexity index is 271. The van der Waals surface area contributed by atoms with Gasteiger partial charge in [0.05, 0.1) is 0 Å². The number of carbonyl (C=O) groups is 1. The van der Waals surface area contributed by atoms with Gasteiger partial charge in [-0.25, -0.2) is 0 Å². The topological polar surface area (TPSA) is 70.8 Å². The van der Waals surface area contributed by atoms with Gasteiger partial charge in [-0.05, 0) is 6.92 Å². The summed E-state index contributed by atoms with van der Waals surface area (Å²) >= 11 is 0. The number of nitrogens with zero attached hydrogens (tertiary/aromatic N) is 3. The predicted octanol–water partition coefficient (Wildman–Crippen LogP) is -4.51. The quantitative estimate of drug-likeness (QED) is 0.375. The van der Waals surface area contributed by atoms with Crippen LogP contribution in [0.25, 0.3) is 0 Å². The second-order valence-electron chi connectivity index (χ2n) is 1.92. The summed E-state index contributed by atoms with van der Waals surface area (Å²) in [7, 11) is 1.57. The molecule has 1 heterocycles. The third kappa shape index (κ3) is 1.82. The molecule has 0 atom stereocenters. The van der Waals surface area contributed by atoms with Gasteiger partial charge in [0.15, 0.2) is 5.82 Å². The normalized spacial score (nSPS) is 8.91. The molecule has 6 heteroatoms. The molecule has 0 amide bonds. The van der Waals surface area contributed by atoms with E-state index in [1.54, 1.807) is 14.0 Å². The monoisotopic (exact) mass is 147 g/mol. The number of carboxylic acid groups (broad SMARTS) is 1. The van der Waals surface area contributed by atoms with Crippen molar-refractivity contribution in [3.05, 3.63) is 11.6 Å². The first-order valence-corrected chi connectivity index (χ1v) is 2.70. The summed E-state index contributed by atoms with van der Waals surface area (Å²) < 4.78 is 1.36. The second-order valence-corrected chi connectivity index (χ2v) is 1.92. The summed E-state index contributed by atoms with van der Waals surface area (Å²) in [5, 5.41) is 17.1. The molecular weight excluding hydrogens is 141 g/mol. The van der Waals surface area contributed by atoms with E-state index >= 15 is 0 Å². The average molecular weight is 147 g/mol. The molecule has 0 saturated heterocycles. The SMILES string of the molecule is Cc1nnc(C(=O)[O-])n1C.[Li+]. The molecule has 0 aliphatic heterocycles. The molecular formula is C5H6LiN3O2. The number of hydrogen-bond donors (Lipinski definition) is 0. The summed E-state index contributed by atoms with van der Waals surface area (Å²) in [6.45, 7) is 1.67. The first kappa shape index (κ1) is 10.2. The Morgan fingerprint density at radius 2 is 2.09 bits per heavy atom. The van der Waals surface area contributed by atoms with Crippen molar-refractivity contribution in [1.82, 2.24) is 14.8 Å². The molecule has 0 unspecified atom stereocenters. The molecule has 0 aliphatic rings. The van der Waals surface area contributed by atoms with E-state index in [9.17, 15) is 9.90 Å². The molecule has 0 spiro atoms. The Balaban J connectivity index is 0.000001000. The van der Waals surface area contributed by atoms with E-state index < -0.39 is 5.97 Å². The fraction of sp³-hybridized carbons (Fsp3) is 0.400. The van der Waals surface area contributed by atoms with Crippen LogP contribution in [0.1, 0.15) is 16.4 Å². The van der Waals surface area contributed by atoms with E-state index in [1.165, 1.54) is 4.57 Å². The molecule has 5 nitrogen and oxygen atoms in total. The van der Waals surface area contributed by atoms with Crippen molar-refractivity contribution >= 4 is 5.97 Å². The molecule has 1 aromatic rings. The molecule has 0 fully saturated rings. The van der Waals surface area contributed by atoms with Crippen molar-refractivity contribution in [1.29, 1.82) is 0 Å². The van der Waals surface area contributed by atoms with E-state index in [0.29, 0.717) is 5.82 Å². The number of aryl methyl sites for hydroxylation is 1. The summed E-state index contributed by atoms with van der Waals surface area (Å²) in [6.07, 6.45) is 0. The molecule has 0 radical (unpaired) electrons. The minimum atomic E-state index is -1.30. The zero-order chi connectivity index (χ0) is 7.72. The van der Waals surface area contributed by atoms with Crippen LogP contribution in [0.4, 0.5) is 0 Å². The molecule has 54 valence electrons. The zero-order valence-electron chi connectivity index (χ0n) is 6.66. The minimum absolute atomic E-state index is 0. The molecule has 0 saturated carbocycles. The summed E-state index contributed by atoms with van der Waals surface area (Å²) in [6, 6.07) is 0. The molecule has 0 aliphatic carbocycles. The van der Waals surface area contributed by atoms with E-state index in [1.807, 2.05) is 0 Å². The maximum absolute atomic E-state index is 10.2. The van der Waals surface area contributed by atoms with Gasteiger partial charge in [0.25, 0.3) is 0 Å². The van der Waals surface area contributed by atoms with Gasteiger partial charge in [0.1, 0.15) is 11.8 Å². The van der Waals surface area contributed by atoms with Crippen molar-refractivity contribution in [2.75, 3.05) is 0 Å². The third-order valence-corrected chi connectivity index (χ3v) is 1.28. The van der Waals surface area contributed by atoms with Gasteiger partial charge in [-0.3, -0.25) is 0 Å². The van der Waals surface area contributed by atoms with Gasteiger partial charge in [-0.1, -0.05) is 0 Å². The average Bonchev–Trinajstić information content (AvgIpc) is 2.14. The Hall–Kier alpha value is -0.793. The first-order chi connectivity index (χ1) is 4.63. The van der Waals surface area contributed by atoms with Gasteiger partial charge in [-0.15, -0.1) is 10.2 Å². The van der Waals surface area contributed by atoms with Crippen molar-refractivity contribution in [2.45, 2.75) is 6.92 Å². The second kappa shape index (κ2) is 3.56. The minimum Gasteiger partial charge on any atom is -0.541 e. The Labute approximate surface area is 75.6 Å². The van der Waals surface area contributed by atoms with Crippen LogP contribution in [0.2, 0.25) is 0 Å². The van der Waals surface area contributed by atoms with E-state index in [2.05, 4.69) is 10.2 Å². The fourth-order valence-electron chi connectivity index (χ4n) is 0.585. The molecule has 11 heavy (non-hydrogen) atoms. The maximum atomic E-state index is 10.2. The van der Waals surface area contributed by atoms with Crippen LogP contribution in [0.5, 0.6) is 0 Å². The number of hydrogen-bond acceptors (Lipinski definition) is 4. The van der Waals surface area contributed by atoms with Crippen LogP contribution in [0, 0.1) is 6.92 Å². The van der Waals surface area contributed by atoms with Crippen LogP contribution < -0.4 is 24.0 Å². The van der Waals surface area contributed by atoms with Gasteiger partial charge in [-0.2, -0.15) is 0 Å². The smallest absolute Gasteiger partial charge is 0.541 e. The summed E-state index contributed by atoms with van der Waals surface area (Å²) in [5.41, 5.74) is 0. The van der Waals surface area contributed by atoms with Crippen LogP contribution in [-0.4, -0.2) is 20.7 Å². The Morgan fingerprint density at radius 1 is 1.55 bits per heavy atom. The van der Waals surface area contributed by atoms with Crippen molar-refractivity contribution in [3.63, 3.8) is 0 Å². The van der Waals surface area contributed by atoms with Crippen LogP contribution in [0.3, 0.4) is 0 Å². The van der Waals surface area contributed by atoms with Gasteiger partial charge in [0.2, 0.25) is 0 Å². The number of rotatable bonds is 1. The summed E-state index contributed by atoms with van der Waals surface area (Å²) in [4.78, 5) is 10.2. The van der Waals surface area contributed by atoms with Gasteiger partial charge < -0.3 is 14.5 Å². The molecule has 0 bridgehead atoms. The summed E-state index contributed by atoms with van der Waals surface area (Å²) in [5.74, 6) is -0.889. The van der Waals surface area contributed by atoms with Crippen molar-refractivity contribution < 1.29 is 28.8 Å². The first-order valence-electron chi connectivity index (χ1n) is 2.70. The zero-order valence-corrected chi connectivity index (χ0v) is 6.66. The van der Waals surface area contributed by atoms with Crippen LogP contribution in [-0.2, 0) is 7.05 Å². The largest absolute Gasteiger partial charge is 1.00 e. The van der Waals surface area contributed by atoms with E-state index in [4.69, 9.17) is 0 Å². The molecule has 1 aromatic heterocycles. The predicted molar refractivity (Wildman–Crippen MR) is 30.1 cm³/mol. The Morgan fingerprint density at radius 3 is 2.27 bits per heavy atom. The Kier molecular flexibility index (Phi) is 3.30. The molecule has 0 N–H and O–H groups in total. The number of carbonyl (C=O) groups excluding carboxylic acids is 1. The van der Waals surface area contributed by atoms with Gasteiger partial charge >= 0.3 is 18.9 Å². The number of aromatic nitrogens is 3. The molecule has 1 rings (SSSR count). The standard InChI is InChI=1S/C5H7N3O2.Li/c1-3-6-7-4(5(9)10)8(3)2;/h1-2H3,(H,9,10);/q;+1/p-1. The van der Waals surface area contributed by atoms with Crippen LogP contribution in [0.15, 0.2) is 0 Å². The fourth-order valence-corrected chi connectivity index (χ4v) is 0.585. The number of carboxylic acids is 1. The maximum Gasteiger partial charge on any atom is 1.00 e. The third-order valence-electron chi connectivity index (χ3n) is 1.28. The van der Waals surface area contributed by atoms with Gasteiger partial charge in [0, 0.05) is 7.05 Å². The number of aromatic carboxylic acids is 1. The van der Waals surface area contributed by atoms with Crippen LogP contribution >= 0.6 is 0 Å². The molecule has 0 aromatic carbocycles. The van der Waals surface area contributed by atoms with Crippen molar-refractivity contribution in [2.24, 2.45) is 7.05 Å². The van der Waals surface area contributed by atoms with Crippen molar-refractivity contribution in [3.8, 4) is 0 Å². The van der Waals surface area contributed by atoms with E-state index in [-0.39, 0.29) is 24.7 Å².